The molecule has 0 spiro atoms. The zero-order valence-corrected chi connectivity index (χ0v) is 20.8. The molecule has 35 heavy (non-hydrogen) atoms. The number of hydrogen-bond donors (Lipinski definition) is 0. The van der Waals surface area contributed by atoms with Gasteiger partial charge in [0.05, 0.1) is 12.5 Å². The lowest BCUT2D eigenvalue weighted by Crippen LogP contribution is -2.19. The fourth-order valence-corrected chi connectivity index (χ4v) is 3.29. The highest BCUT2D eigenvalue weighted by Crippen LogP contribution is 2.40. The van der Waals surface area contributed by atoms with Crippen molar-refractivity contribution in [3.8, 4) is 23.0 Å². The Morgan fingerprint density at radius 2 is 1.03 bits per heavy atom. The van der Waals surface area contributed by atoms with E-state index in [-0.39, 0.29) is 5.41 Å². The molecule has 0 saturated carbocycles. The van der Waals surface area contributed by atoms with Crippen molar-refractivity contribution < 1.29 is 28.4 Å². The van der Waals surface area contributed by atoms with Gasteiger partial charge in [-0.3, -0.25) is 0 Å². The Kier molecular flexibility index (Phi) is 11.3. The first-order chi connectivity index (χ1) is 17.0. The summed E-state index contributed by atoms with van der Waals surface area (Å²) in [7, 11) is 0. The average molecular weight is 481 g/mol. The van der Waals surface area contributed by atoms with Gasteiger partial charge >= 0.3 is 0 Å². The van der Waals surface area contributed by atoms with Crippen LogP contribution in [0.25, 0.3) is 0 Å². The van der Waals surface area contributed by atoms with Crippen molar-refractivity contribution in [1.82, 2.24) is 0 Å². The van der Waals surface area contributed by atoms with Crippen LogP contribution < -0.4 is 18.9 Å². The van der Waals surface area contributed by atoms with E-state index in [0.29, 0.717) is 62.6 Å². The van der Waals surface area contributed by atoms with Gasteiger partial charge in [0, 0.05) is 5.41 Å². The van der Waals surface area contributed by atoms with Crippen LogP contribution in [0.3, 0.4) is 0 Å². The Labute approximate surface area is 209 Å². The quantitative estimate of drug-likeness (QED) is 0.143. The van der Waals surface area contributed by atoms with Crippen LogP contribution in [0.5, 0.6) is 23.0 Å². The highest BCUT2D eigenvalue weighted by molar-refractivity contribution is 5.51. The highest BCUT2D eigenvalue weighted by Gasteiger charge is 2.26. The molecule has 0 aliphatic carbocycles. The number of benzene rings is 2. The fourth-order valence-electron chi connectivity index (χ4n) is 3.29. The Morgan fingerprint density at radius 1 is 0.600 bits per heavy atom. The Morgan fingerprint density at radius 3 is 1.40 bits per heavy atom. The molecule has 0 heterocycles. The van der Waals surface area contributed by atoms with Crippen molar-refractivity contribution in [3.05, 3.63) is 98.5 Å². The summed E-state index contributed by atoms with van der Waals surface area (Å²) in [5, 5.41) is 0. The minimum Gasteiger partial charge on any atom is -0.498 e. The van der Waals surface area contributed by atoms with E-state index in [4.69, 9.17) is 28.4 Å². The second-order valence-electron chi connectivity index (χ2n) is 7.92. The first-order valence-corrected chi connectivity index (χ1v) is 11.4. The Hall–Kier alpha value is -3.80. The van der Waals surface area contributed by atoms with Gasteiger partial charge in [-0.05, 0) is 35.4 Å². The molecule has 0 atom stereocenters. The third kappa shape index (κ3) is 8.18. The third-order valence-electron chi connectivity index (χ3n) is 5.20. The molecule has 0 unspecified atom stereocenters. The monoisotopic (exact) mass is 480 g/mol. The molecular weight excluding hydrogens is 444 g/mol. The summed E-state index contributed by atoms with van der Waals surface area (Å²) >= 11 is 0. The molecule has 0 amide bonds. The molecule has 0 saturated heterocycles. The second-order valence-corrected chi connectivity index (χ2v) is 7.92. The number of ether oxygens (including phenoxy) is 6. The molecule has 188 valence electrons. The van der Waals surface area contributed by atoms with Crippen molar-refractivity contribution in [2.75, 3.05) is 39.6 Å². The van der Waals surface area contributed by atoms with Crippen molar-refractivity contribution >= 4 is 0 Å². The summed E-state index contributed by atoms with van der Waals surface area (Å²) in [6.07, 6.45) is 6.18. The van der Waals surface area contributed by atoms with Gasteiger partial charge in [-0.2, -0.15) is 0 Å². The second kappa shape index (κ2) is 14.5. The number of rotatable bonds is 18. The molecule has 0 aliphatic heterocycles. The van der Waals surface area contributed by atoms with E-state index in [1.807, 2.05) is 36.4 Å². The summed E-state index contributed by atoms with van der Waals surface area (Å²) in [6.45, 7) is 21.1. The van der Waals surface area contributed by atoms with Crippen LogP contribution in [-0.4, -0.2) is 39.6 Å². The highest BCUT2D eigenvalue weighted by atomic mass is 16.5. The number of hydrogen-bond acceptors (Lipinski definition) is 6. The summed E-state index contributed by atoms with van der Waals surface area (Å²) in [4.78, 5) is 0. The van der Waals surface area contributed by atoms with Crippen LogP contribution >= 0.6 is 0 Å². The molecule has 0 radical (unpaired) electrons. The molecule has 6 nitrogen and oxygen atoms in total. The smallest absolute Gasteiger partial charge is 0.161 e. The molecule has 2 aromatic rings. The predicted molar refractivity (Wildman–Crippen MR) is 140 cm³/mol. The van der Waals surface area contributed by atoms with Gasteiger partial charge in [-0.15, -0.1) is 0 Å². The summed E-state index contributed by atoms with van der Waals surface area (Å²) in [5.74, 6) is 2.55. The molecule has 0 aliphatic rings. The lowest BCUT2D eigenvalue weighted by molar-refractivity contribution is 0.175. The maximum atomic E-state index is 5.90. The van der Waals surface area contributed by atoms with E-state index in [0.717, 1.165) is 11.1 Å². The van der Waals surface area contributed by atoms with E-state index in [9.17, 15) is 0 Å². The van der Waals surface area contributed by atoms with Crippen LogP contribution in [0.1, 0.15) is 25.0 Å². The zero-order chi connectivity index (χ0) is 25.5. The molecule has 2 aromatic carbocycles. The predicted octanol–water partition coefficient (Wildman–Crippen LogP) is 6.22. The summed E-state index contributed by atoms with van der Waals surface area (Å²) in [5.41, 5.74) is 1.73. The topological polar surface area (TPSA) is 55.4 Å². The standard InChI is InChI=1S/C29H36O6/c1-7-15-32-27-21-23(11-13-25(27)34-19-17-30-9-3)29(5,6)24-12-14-26(35-20-18-31-10-4)28(22-24)33-16-8-2/h7-14,21-22H,1-4,15-20H2,5-6H3. The van der Waals surface area contributed by atoms with Gasteiger partial charge in [0.15, 0.2) is 23.0 Å². The molecule has 0 bridgehead atoms. The van der Waals surface area contributed by atoms with Crippen molar-refractivity contribution in [1.29, 1.82) is 0 Å². The first-order valence-electron chi connectivity index (χ1n) is 11.4. The van der Waals surface area contributed by atoms with Crippen molar-refractivity contribution in [3.63, 3.8) is 0 Å². The van der Waals surface area contributed by atoms with Crippen LogP contribution in [0.4, 0.5) is 0 Å². The molecular formula is C29H36O6. The minimum atomic E-state index is -0.368. The van der Waals surface area contributed by atoms with Gasteiger partial charge in [0.25, 0.3) is 0 Å². The molecule has 2 rings (SSSR count). The van der Waals surface area contributed by atoms with Crippen LogP contribution in [0, 0.1) is 0 Å². The Bertz CT molecular complexity index is 902. The summed E-state index contributed by atoms with van der Waals surface area (Å²) in [6, 6.07) is 11.9. The largest absolute Gasteiger partial charge is 0.498 e. The van der Waals surface area contributed by atoms with Gasteiger partial charge in [0.1, 0.15) is 39.6 Å². The van der Waals surface area contributed by atoms with Crippen LogP contribution in [0.15, 0.2) is 87.4 Å². The SMILES string of the molecule is C=CCOc1cc(C(C)(C)c2ccc(OCCOC=C)c(OCC=C)c2)ccc1OCCOC=C. The Balaban J connectivity index is 2.33. The van der Waals surface area contributed by atoms with E-state index in [1.165, 1.54) is 12.5 Å². The molecule has 0 N–H and O–H groups in total. The minimum absolute atomic E-state index is 0.366. The van der Waals surface area contributed by atoms with E-state index >= 15 is 0 Å². The van der Waals surface area contributed by atoms with Crippen molar-refractivity contribution in [2.45, 2.75) is 19.3 Å². The van der Waals surface area contributed by atoms with Gasteiger partial charge in [0.2, 0.25) is 0 Å². The first kappa shape index (κ1) is 27.4. The van der Waals surface area contributed by atoms with Gasteiger partial charge in [-0.25, -0.2) is 0 Å². The zero-order valence-electron chi connectivity index (χ0n) is 20.8. The molecule has 0 aromatic heterocycles. The third-order valence-corrected chi connectivity index (χ3v) is 5.20. The van der Waals surface area contributed by atoms with E-state index < -0.39 is 0 Å². The van der Waals surface area contributed by atoms with E-state index in [2.05, 4.69) is 40.2 Å². The maximum absolute atomic E-state index is 5.90. The fraction of sp³-hybridized carbons (Fsp3) is 0.310. The molecule has 6 heteroatoms. The van der Waals surface area contributed by atoms with Crippen LogP contribution in [-0.2, 0) is 14.9 Å². The van der Waals surface area contributed by atoms with Crippen LogP contribution in [0.2, 0.25) is 0 Å². The summed E-state index contributed by atoms with van der Waals surface area (Å²) < 4.78 is 33.8. The normalized spacial score (nSPS) is 10.6. The lowest BCUT2D eigenvalue weighted by atomic mass is 9.78. The van der Waals surface area contributed by atoms with E-state index in [1.54, 1.807) is 12.2 Å². The lowest BCUT2D eigenvalue weighted by Gasteiger charge is -2.28. The maximum Gasteiger partial charge on any atom is 0.161 e. The average Bonchev–Trinajstić information content (AvgIpc) is 2.87. The van der Waals surface area contributed by atoms with Crippen molar-refractivity contribution in [2.24, 2.45) is 0 Å². The molecule has 0 fully saturated rings. The van der Waals surface area contributed by atoms with Gasteiger partial charge in [-0.1, -0.05) is 64.4 Å². The van der Waals surface area contributed by atoms with Gasteiger partial charge < -0.3 is 28.4 Å².